The van der Waals surface area contributed by atoms with Gasteiger partial charge in [-0.3, -0.25) is 4.68 Å². The van der Waals surface area contributed by atoms with Gasteiger partial charge < -0.3 is 5.11 Å². The van der Waals surface area contributed by atoms with E-state index in [0.29, 0.717) is 6.42 Å². The van der Waals surface area contributed by atoms with Gasteiger partial charge in [-0.05, 0) is 18.9 Å². The maximum atomic E-state index is 9.68. The van der Waals surface area contributed by atoms with E-state index in [-0.39, 0.29) is 0 Å². The topological polar surface area (TPSA) is 38.1 Å². The minimum absolute atomic E-state index is 0.466. The highest BCUT2D eigenvalue weighted by atomic mass is 16.3. The molecule has 1 aromatic rings. The van der Waals surface area contributed by atoms with E-state index in [1.807, 2.05) is 10.7 Å². The minimum atomic E-state index is -0.466. The molecular formula is C10H16N2O. The fraction of sp³-hybridized carbons (Fsp3) is 0.500. The van der Waals surface area contributed by atoms with E-state index in [2.05, 4.69) is 18.6 Å². The second-order valence-electron chi connectivity index (χ2n) is 3.02. The van der Waals surface area contributed by atoms with Crippen molar-refractivity contribution >= 4 is 0 Å². The van der Waals surface area contributed by atoms with Gasteiger partial charge in [0.25, 0.3) is 0 Å². The number of hydrogen-bond donors (Lipinski definition) is 1. The van der Waals surface area contributed by atoms with Crippen LogP contribution < -0.4 is 0 Å². The van der Waals surface area contributed by atoms with Gasteiger partial charge in [0.15, 0.2) is 0 Å². The molecule has 0 amide bonds. The van der Waals surface area contributed by atoms with E-state index in [1.54, 1.807) is 12.3 Å². The molecule has 0 aliphatic carbocycles. The summed E-state index contributed by atoms with van der Waals surface area (Å²) in [5, 5.41) is 13.8. The van der Waals surface area contributed by atoms with Crippen molar-refractivity contribution in [3.63, 3.8) is 0 Å². The molecule has 1 atom stereocenters. The van der Waals surface area contributed by atoms with Gasteiger partial charge >= 0.3 is 0 Å². The summed E-state index contributed by atoms with van der Waals surface area (Å²) < 4.78 is 1.84. The number of aliphatic hydroxyl groups excluding tert-OH is 1. The largest absolute Gasteiger partial charge is 0.386 e. The van der Waals surface area contributed by atoms with Crippen LogP contribution in [0.1, 0.15) is 31.6 Å². The Morgan fingerprint density at radius 1 is 1.77 bits per heavy atom. The molecule has 0 saturated heterocycles. The average Bonchev–Trinajstić information content (AvgIpc) is 2.54. The fourth-order valence-electron chi connectivity index (χ4n) is 1.30. The summed E-state index contributed by atoms with van der Waals surface area (Å²) in [7, 11) is 0. The SMILES string of the molecule is C=CCC(O)c1ccnn1CCC. The third-order valence-corrected chi connectivity index (χ3v) is 1.92. The van der Waals surface area contributed by atoms with Crippen molar-refractivity contribution < 1.29 is 5.11 Å². The van der Waals surface area contributed by atoms with Crippen LogP contribution in [-0.2, 0) is 6.54 Å². The number of aromatic nitrogens is 2. The van der Waals surface area contributed by atoms with Crippen LogP contribution in [0, 0.1) is 0 Å². The highest BCUT2D eigenvalue weighted by Crippen LogP contribution is 2.16. The lowest BCUT2D eigenvalue weighted by Crippen LogP contribution is -2.08. The molecule has 0 radical (unpaired) electrons. The summed E-state index contributed by atoms with van der Waals surface area (Å²) in [5.41, 5.74) is 0.877. The Morgan fingerprint density at radius 2 is 2.54 bits per heavy atom. The Morgan fingerprint density at radius 3 is 3.15 bits per heavy atom. The van der Waals surface area contributed by atoms with Gasteiger partial charge in [-0.2, -0.15) is 5.10 Å². The first-order chi connectivity index (χ1) is 6.29. The number of nitrogens with zero attached hydrogens (tertiary/aromatic N) is 2. The molecule has 0 aliphatic heterocycles. The first-order valence-corrected chi connectivity index (χ1v) is 4.60. The third-order valence-electron chi connectivity index (χ3n) is 1.92. The lowest BCUT2D eigenvalue weighted by atomic mass is 10.2. The van der Waals surface area contributed by atoms with Crippen molar-refractivity contribution in [1.82, 2.24) is 9.78 Å². The second-order valence-corrected chi connectivity index (χ2v) is 3.02. The van der Waals surface area contributed by atoms with E-state index >= 15 is 0 Å². The van der Waals surface area contributed by atoms with Crippen LogP contribution in [0.5, 0.6) is 0 Å². The zero-order chi connectivity index (χ0) is 9.68. The quantitative estimate of drug-likeness (QED) is 0.703. The van der Waals surface area contributed by atoms with Crippen molar-refractivity contribution in [3.05, 3.63) is 30.6 Å². The molecule has 13 heavy (non-hydrogen) atoms. The Bertz CT molecular complexity index is 268. The molecule has 3 heteroatoms. The standard InChI is InChI=1S/C10H16N2O/c1-3-5-10(13)9-6-7-11-12(9)8-4-2/h3,6-7,10,13H,1,4-5,8H2,2H3. The molecular weight excluding hydrogens is 164 g/mol. The van der Waals surface area contributed by atoms with Crippen LogP contribution in [0.15, 0.2) is 24.9 Å². The predicted octanol–water partition coefficient (Wildman–Crippen LogP) is 1.90. The van der Waals surface area contributed by atoms with Crippen LogP contribution >= 0.6 is 0 Å². The van der Waals surface area contributed by atoms with Crippen LogP contribution in [0.25, 0.3) is 0 Å². The van der Waals surface area contributed by atoms with Gasteiger partial charge in [-0.15, -0.1) is 6.58 Å². The predicted molar refractivity (Wildman–Crippen MR) is 52.3 cm³/mol. The van der Waals surface area contributed by atoms with Crippen molar-refractivity contribution in [3.8, 4) is 0 Å². The fourth-order valence-corrected chi connectivity index (χ4v) is 1.30. The van der Waals surface area contributed by atoms with Gasteiger partial charge in [0.05, 0.1) is 11.8 Å². The monoisotopic (exact) mass is 180 g/mol. The summed E-state index contributed by atoms with van der Waals surface area (Å²) in [6, 6.07) is 1.85. The zero-order valence-electron chi connectivity index (χ0n) is 7.98. The molecule has 0 saturated carbocycles. The van der Waals surface area contributed by atoms with Crippen molar-refractivity contribution in [2.24, 2.45) is 0 Å². The molecule has 0 fully saturated rings. The molecule has 1 unspecified atom stereocenters. The second kappa shape index (κ2) is 4.82. The lowest BCUT2D eigenvalue weighted by molar-refractivity contribution is 0.169. The number of hydrogen-bond acceptors (Lipinski definition) is 2. The van der Waals surface area contributed by atoms with Crippen molar-refractivity contribution in [2.75, 3.05) is 0 Å². The molecule has 1 heterocycles. The Kier molecular flexibility index (Phi) is 3.71. The molecule has 0 bridgehead atoms. The molecule has 0 aromatic carbocycles. The van der Waals surface area contributed by atoms with Crippen LogP contribution in [-0.4, -0.2) is 14.9 Å². The molecule has 1 N–H and O–H groups in total. The third kappa shape index (κ3) is 2.42. The van der Waals surface area contributed by atoms with Gasteiger partial charge in [-0.25, -0.2) is 0 Å². The van der Waals surface area contributed by atoms with Crippen LogP contribution in [0.4, 0.5) is 0 Å². The summed E-state index contributed by atoms with van der Waals surface area (Å²) >= 11 is 0. The highest BCUT2D eigenvalue weighted by Gasteiger charge is 2.10. The normalized spacial score (nSPS) is 12.8. The molecule has 1 aromatic heterocycles. The molecule has 1 rings (SSSR count). The van der Waals surface area contributed by atoms with Crippen LogP contribution in [0.3, 0.4) is 0 Å². The maximum absolute atomic E-state index is 9.68. The molecule has 0 aliphatic rings. The van der Waals surface area contributed by atoms with Gasteiger partial charge in [-0.1, -0.05) is 13.0 Å². The van der Waals surface area contributed by atoms with Crippen molar-refractivity contribution in [1.29, 1.82) is 0 Å². The average molecular weight is 180 g/mol. The van der Waals surface area contributed by atoms with E-state index in [4.69, 9.17) is 0 Å². The van der Waals surface area contributed by atoms with Gasteiger partial charge in [0, 0.05) is 12.7 Å². The van der Waals surface area contributed by atoms with E-state index in [0.717, 1.165) is 18.7 Å². The van der Waals surface area contributed by atoms with Crippen molar-refractivity contribution in [2.45, 2.75) is 32.4 Å². The van der Waals surface area contributed by atoms with Gasteiger partial charge in [0.2, 0.25) is 0 Å². The smallest absolute Gasteiger partial charge is 0.0990 e. The maximum Gasteiger partial charge on any atom is 0.0990 e. The Hall–Kier alpha value is -1.09. The molecule has 3 nitrogen and oxygen atoms in total. The Balaban J connectivity index is 2.73. The van der Waals surface area contributed by atoms with Gasteiger partial charge in [0.1, 0.15) is 0 Å². The van der Waals surface area contributed by atoms with Crippen LogP contribution in [0.2, 0.25) is 0 Å². The number of rotatable bonds is 5. The zero-order valence-corrected chi connectivity index (χ0v) is 7.98. The van der Waals surface area contributed by atoms with E-state index in [1.165, 1.54) is 0 Å². The summed E-state index contributed by atoms with van der Waals surface area (Å²) in [6.07, 6.45) is 4.57. The number of aliphatic hydroxyl groups is 1. The number of aryl methyl sites for hydroxylation is 1. The first kappa shape index (κ1) is 9.99. The lowest BCUT2D eigenvalue weighted by Gasteiger charge is -2.10. The minimum Gasteiger partial charge on any atom is -0.386 e. The highest BCUT2D eigenvalue weighted by molar-refractivity contribution is 5.05. The molecule has 72 valence electrons. The van der Waals surface area contributed by atoms with E-state index in [9.17, 15) is 5.11 Å². The summed E-state index contributed by atoms with van der Waals surface area (Å²) in [5.74, 6) is 0. The van der Waals surface area contributed by atoms with E-state index < -0.39 is 6.10 Å². The summed E-state index contributed by atoms with van der Waals surface area (Å²) in [4.78, 5) is 0. The molecule has 0 spiro atoms. The first-order valence-electron chi connectivity index (χ1n) is 4.60. The summed E-state index contributed by atoms with van der Waals surface area (Å²) in [6.45, 7) is 6.54. The Labute approximate surface area is 78.7 Å².